The van der Waals surface area contributed by atoms with Gasteiger partial charge in [-0.3, -0.25) is 37.3 Å². The predicted octanol–water partition coefficient (Wildman–Crippen LogP) is 21.8. The number of aliphatic hydroxyl groups excluding tert-OH is 1. The molecule has 0 aromatic carbocycles. The molecule has 19 heteroatoms. The number of carbonyl (C=O) groups excluding carboxylic acids is 4. The zero-order chi connectivity index (χ0) is 69.4. The lowest BCUT2D eigenvalue weighted by molar-refractivity contribution is -0.161. The second-order valence-electron chi connectivity index (χ2n) is 28.2. The summed E-state index contributed by atoms with van der Waals surface area (Å²) in [5.41, 5.74) is 0. The van der Waals surface area contributed by atoms with Crippen LogP contribution in [0.2, 0.25) is 0 Å². The molecule has 0 spiro atoms. The number of carbonyl (C=O) groups is 4. The van der Waals surface area contributed by atoms with Crippen molar-refractivity contribution in [1.82, 2.24) is 0 Å². The van der Waals surface area contributed by atoms with Gasteiger partial charge in [0.05, 0.1) is 26.4 Å². The van der Waals surface area contributed by atoms with Gasteiger partial charge in [-0.15, -0.1) is 0 Å². The summed E-state index contributed by atoms with van der Waals surface area (Å²) in [6, 6.07) is 0. The number of unbranched alkanes of at least 4 members (excludes halogenated alkanes) is 40. The third kappa shape index (κ3) is 67.3. The van der Waals surface area contributed by atoms with Crippen LogP contribution in [0, 0.1) is 17.8 Å². The van der Waals surface area contributed by atoms with Gasteiger partial charge < -0.3 is 33.8 Å². The Morgan fingerprint density at radius 3 is 0.809 bits per heavy atom. The van der Waals surface area contributed by atoms with E-state index >= 15 is 0 Å². The molecule has 0 bridgehead atoms. The maximum atomic E-state index is 13.1. The lowest BCUT2D eigenvalue weighted by Crippen LogP contribution is -2.30. The molecule has 0 aromatic rings. The molecule has 94 heavy (non-hydrogen) atoms. The number of rotatable bonds is 73. The van der Waals surface area contributed by atoms with Gasteiger partial charge in [-0.25, -0.2) is 9.13 Å². The van der Waals surface area contributed by atoms with Crippen molar-refractivity contribution in [3.8, 4) is 0 Å². The number of hydrogen-bond donors (Lipinski definition) is 3. The molecule has 0 saturated carbocycles. The van der Waals surface area contributed by atoms with Crippen LogP contribution in [0.1, 0.15) is 382 Å². The summed E-state index contributed by atoms with van der Waals surface area (Å²) in [5, 5.41) is 10.6. The summed E-state index contributed by atoms with van der Waals surface area (Å²) in [5.74, 6) is 0.242. The van der Waals surface area contributed by atoms with Crippen molar-refractivity contribution >= 4 is 39.5 Å². The van der Waals surface area contributed by atoms with Crippen LogP contribution in [0.4, 0.5) is 0 Å². The van der Waals surface area contributed by atoms with Gasteiger partial charge >= 0.3 is 39.5 Å². The van der Waals surface area contributed by atoms with Crippen molar-refractivity contribution in [1.29, 1.82) is 0 Å². The first-order chi connectivity index (χ1) is 45.3. The largest absolute Gasteiger partial charge is 0.472 e. The maximum absolute atomic E-state index is 13.1. The molecule has 0 aromatic heterocycles. The molecule has 3 unspecified atom stereocenters. The van der Waals surface area contributed by atoms with Gasteiger partial charge in [0, 0.05) is 25.7 Å². The van der Waals surface area contributed by atoms with E-state index in [2.05, 4.69) is 48.5 Å². The van der Waals surface area contributed by atoms with Crippen molar-refractivity contribution in [3.63, 3.8) is 0 Å². The predicted molar refractivity (Wildman–Crippen MR) is 381 cm³/mol. The molecule has 0 rings (SSSR count). The van der Waals surface area contributed by atoms with E-state index in [1.54, 1.807) is 0 Å². The smallest absolute Gasteiger partial charge is 0.462 e. The van der Waals surface area contributed by atoms with E-state index in [9.17, 15) is 43.2 Å². The molecule has 0 aliphatic carbocycles. The first-order valence-corrected chi connectivity index (χ1v) is 41.9. The zero-order valence-corrected chi connectivity index (χ0v) is 63.2. The molecule has 17 nitrogen and oxygen atoms in total. The van der Waals surface area contributed by atoms with Crippen molar-refractivity contribution in [2.24, 2.45) is 17.8 Å². The van der Waals surface area contributed by atoms with Crippen LogP contribution in [0.15, 0.2) is 0 Å². The minimum absolute atomic E-state index is 0.105. The minimum atomic E-state index is -4.96. The van der Waals surface area contributed by atoms with Crippen LogP contribution in [-0.2, 0) is 65.4 Å². The van der Waals surface area contributed by atoms with Crippen LogP contribution in [0.3, 0.4) is 0 Å². The van der Waals surface area contributed by atoms with Gasteiger partial charge in [-0.2, -0.15) is 0 Å². The van der Waals surface area contributed by atoms with Crippen molar-refractivity contribution in [3.05, 3.63) is 0 Å². The molecule has 0 aliphatic heterocycles. The second-order valence-corrected chi connectivity index (χ2v) is 31.1. The van der Waals surface area contributed by atoms with Gasteiger partial charge in [-0.1, -0.05) is 331 Å². The summed E-state index contributed by atoms with van der Waals surface area (Å²) >= 11 is 0. The van der Waals surface area contributed by atoms with E-state index in [1.807, 2.05) is 0 Å². The second kappa shape index (κ2) is 65.7. The maximum Gasteiger partial charge on any atom is 0.472 e. The summed E-state index contributed by atoms with van der Waals surface area (Å²) in [4.78, 5) is 72.6. The molecular formula is C75H146O17P2. The minimum Gasteiger partial charge on any atom is -0.462 e. The zero-order valence-electron chi connectivity index (χ0n) is 61.4. The fourth-order valence-corrected chi connectivity index (χ4v) is 13.0. The highest BCUT2D eigenvalue weighted by molar-refractivity contribution is 7.47. The lowest BCUT2D eigenvalue weighted by Gasteiger charge is -2.21. The highest BCUT2D eigenvalue weighted by Gasteiger charge is 2.30. The summed E-state index contributed by atoms with van der Waals surface area (Å²) in [7, 11) is -9.90. The number of ether oxygens (including phenoxy) is 4. The molecule has 3 N–H and O–H groups in total. The normalized spacial score (nSPS) is 14.4. The molecule has 0 amide bonds. The Kier molecular flexibility index (Phi) is 64.3. The number of esters is 4. The molecular weight excluding hydrogens is 1230 g/mol. The fraction of sp³-hybridized carbons (Fsp3) is 0.947. The molecule has 6 atom stereocenters. The quantitative estimate of drug-likeness (QED) is 0.0222. The van der Waals surface area contributed by atoms with E-state index < -0.39 is 97.5 Å². The van der Waals surface area contributed by atoms with Crippen molar-refractivity contribution < 1.29 is 80.2 Å². The number of phosphoric ester groups is 2. The highest BCUT2D eigenvalue weighted by atomic mass is 31.2. The van der Waals surface area contributed by atoms with Crippen LogP contribution in [0.25, 0.3) is 0 Å². The Morgan fingerprint density at radius 2 is 0.543 bits per heavy atom. The standard InChI is InChI=1S/C75H146O17P2/c1-8-10-11-12-32-42-49-56-72(77)85-62-70(91-75(80)59-52-45-38-31-25-27-34-40-47-54-67(5)6)64-89-93(81,82)87-60-69(76)61-88-94(83,84)90-65-71(63-86-73(78)57-50-43-36-29-24-23-28-35-41-48-55-68(7)9-2)92-74(79)58-51-44-37-30-22-20-18-16-14-13-15-17-19-21-26-33-39-46-53-66(3)4/h66-71,76H,8-65H2,1-7H3,(H,81,82)(H,83,84)/t68?,69-,70+,71+/m0/s1. The summed E-state index contributed by atoms with van der Waals surface area (Å²) < 4.78 is 68.4. The van der Waals surface area contributed by atoms with Crippen molar-refractivity contribution in [2.75, 3.05) is 39.6 Å². The van der Waals surface area contributed by atoms with Crippen molar-refractivity contribution in [2.45, 2.75) is 401 Å². The Bertz CT molecular complexity index is 1840. The Morgan fingerprint density at radius 1 is 0.309 bits per heavy atom. The van der Waals surface area contributed by atoms with E-state index in [1.165, 1.54) is 180 Å². The number of aliphatic hydroxyl groups is 1. The average Bonchev–Trinajstić information content (AvgIpc) is 1.22. The summed E-state index contributed by atoms with van der Waals surface area (Å²) in [6.07, 6.45) is 51.5. The van der Waals surface area contributed by atoms with Crippen LogP contribution in [-0.4, -0.2) is 96.7 Å². The van der Waals surface area contributed by atoms with Gasteiger partial charge in [0.2, 0.25) is 0 Å². The molecule has 0 aliphatic rings. The molecule has 0 fully saturated rings. The molecule has 558 valence electrons. The van der Waals surface area contributed by atoms with Gasteiger partial charge in [0.25, 0.3) is 0 Å². The first-order valence-electron chi connectivity index (χ1n) is 38.9. The lowest BCUT2D eigenvalue weighted by atomic mass is 9.99. The number of hydrogen-bond acceptors (Lipinski definition) is 15. The number of phosphoric acid groups is 2. The Labute approximate surface area is 575 Å². The van der Waals surface area contributed by atoms with Crippen LogP contribution in [0.5, 0.6) is 0 Å². The van der Waals surface area contributed by atoms with Gasteiger partial charge in [0.1, 0.15) is 19.3 Å². The van der Waals surface area contributed by atoms with Crippen LogP contribution < -0.4 is 0 Å². The average molecular weight is 1380 g/mol. The highest BCUT2D eigenvalue weighted by Crippen LogP contribution is 2.45. The Hall–Kier alpha value is -1.94. The summed E-state index contributed by atoms with van der Waals surface area (Å²) in [6.45, 7) is 11.9. The van der Waals surface area contributed by atoms with Gasteiger partial charge in [0.15, 0.2) is 12.2 Å². The van der Waals surface area contributed by atoms with E-state index in [4.69, 9.17) is 37.0 Å². The fourth-order valence-electron chi connectivity index (χ4n) is 11.4. The van der Waals surface area contributed by atoms with Gasteiger partial charge in [-0.05, 0) is 43.4 Å². The SMILES string of the molecule is CCCCCCCCCC(=O)OC[C@H](COP(=O)(O)OC[C@H](O)COP(=O)(O)OC[C@@H](COC(=O)CCCCCCCCCCCCC(C)CC)OC(=O)CCCCCCCCCCCCCCCCCCCCC(C)C)OC(=O)CCCCCCCCCCCC(C)C. The molecule has 0 radical (unpaired) electrons. The monoisotopic (exact) mass is 1380 g/mol. The third-order valence-electron chi connectivity index (χ3n) is 17.7. The topological polar surface area (TPSA) is 237 Å². The van der Waals surface area contributed by atoms with E-state index in [0.717, 1.165) is 120 Å². The Balaban J connectivity index is 5.17. The third-order valence-corrected chi connectivity index (χ3v) is 19.6. The van der Waals surface area contributed by atoms with Crippen LogP contribution >= 0.6 is 15.6 Å². The molecule has 0 heterocycles. The van der Waals surface area contributed by atoms with E-state index in [-0.39, 0.29) is 25.7 Å². The molecule has 0 saturated heterocycles. The first kappa shape index (κ1) is 92.1. The van der Waals surface area contributed by atoms with E-state index in [0.29, 0.717) is 25.7 Å².